The Bertz CT molecular complexity index is 108. The zero-order valence-corrected chi connectivity index (χ0v) is 9.02. The molecule has 1 nitrogen and oxygen atoms in total. The summed E-state index contributed by atoms with van der Waals surface area (Å²) >= 11 is 0. The second kappa shape index (κ2) is 11.7. The molecule has 0 aliphatic heterocycles. The molecular formula is C12H24N. The molecule has 0 aromatic carbocycles. The van der Waals surface area contributed by atoms with Crippen LogP contribution in [0.2, 0.25) is 0 Å². The summed E-state index contributed by atoms with van der Waals surface area (Å²) in [5, 5.41) is 0. The topological polar surface area (TPSA) is 23.8 Å². The lowest BCUT2D eigenvalue weighted by Crippen LogP contribution is -1.79. The molecular weight excluding hydrogens is 158 g/mol. The SMILES string of the molecule is CCCCCCCCCC=CC[NH]. The van der Waals surface area contributed by atoms with Gasteiger partial charge in [0.2, 0.25) is 0 Å². The molecule has 1 radical (unpaired) electrons. The number of hydrogen-bond acceptors (Lipinski definition) is 0. The first-order chi connectivity index (χ1) is 6.41. The third kappa shape index (κ3) is 11.7. The van der Waals surface area contributed by atoms with Crippen LogP contribution in [0.25, 0.3) is 0 Å². The first-order valence-electron chi connectivity index (χ1n) is 5.71. The second-order valence-corrected chi connectivity index (χ2v) is 3.59. The molecule has 0 atom stereocenters. The van der Waals surface area contributed by atoms with Gasteiger partial charge >= 0.3 is 0 Å². The van der Waals surface area contributed by atoms with Gasteiger partial charge in [-0.3, -0.25) is 5.73 Å². The van der Waals surface area contributed by atoms with Crippen LogP contribution in [0.1, 0.15) is 58.3 Å². The van der Waals surface area contributed by atoms with Crippen molar-refractivity contribution in [2.24, 2.45) is 0 Å². The molecule has 0 heterocycles. The Balaban J connectivity index is 2.87. The summed E-state index contributed by atoms with van der Waals surface area (Å²) in [5.41, 5.74) is 6.91. The van der Waals surface area contributed by atoms with Crippen molar-refractivity contribution in [3.63, 3.8) is 0 Å². The van der Waals surface area contributed by atoms with Crippen LogP contribution in [0.15, 0.2) is 12.2 Å². The van der Waals surface area contributed by atoms with E-state index in [-0.39, 0.29) is 0 Å². The number of allylic oxidation sites excluding steroid dienone is 1. The minimum atomic E-state index is 0.441. The van der Waals surface area contributed by atoms with Crippen molar-refractivity contribution in [3.8, 4) is 0 Å². The van der Waals surface area contributed by atoms with E-state index in [0.717, 1.165) is 0 Å². The van der Waals surface area contributed by atoms with Gasteiger partial charge in [-0.1, -0.05) is 57.6 Å². The molecule has 1 N–H and O–H groups in total. The Hall–Kier alpha value is -0.300. The Morgan fingerprint density at radius 3 is 2.08 bits per heavy atom. The summed E-state index contributed by atoms with van der Waals surface area (Å²) in [6.07, 6.45) is 14.9. The monoisotopic (exact) mass is 182 g/mol. The molecule has 0 saturated carbocycles. The van der Waals surface area contributed by atoms with Crippen LogP contribution in [0.5, 0.6) is 0 Å². The van der Waals surface area contributed by atoms with Crippen LogP contribution in [-0.4, -0.2) is 6.54 Å². The van der Waals surface area contributed by atoms with Crippen LogP contribution >= 0.6 is 0 Å². The quantitative estimate of drug-likeness (QED) is 0.380. The normalized spacial score (nSPS) is 11.2. The summed E-state index contributed by atoms with van der Waals surface area (Å²) in [7, 11) is 0. The fourth-order valence-corrected chi connectivity index (χ4v) is 1.42. The summed E-state index contributed by atoms with van der Waals surface area (Å²) in [4.78, 5) is 0. The van der Waals surface area contributed by atoms with Gasteiger partial charge < -0.3 is 0 Å². The number of unbranched alkanes of at least 4 members (excludes halogenated alkanes) is 7. The smallest absolute Gasteiger partial charge is 0.0281 e. The Morgan fingerprint density at radius 2 is 1.46 bits per heavy atom. The molecule has 0 saturated heterocycles. The average Bonchev–Trinajstić information content (AvgIpc) is 2.16. The van der Waals surface area contributed by atoms with Crippen molar-refractivity contribution >= 4 is 0 Å². The van der Waals surface area contributed by atoms with E-state index in [1.807, 2.05) is 6.08 Å². The van der Waals surface area contributed by atoms with E-state index in [9.17, 15) is 0 Å². The molecule has 0 aromatic heterocycles. The third-order valence-electron chi connectivity index (χ3n) is 2.26. The van der Waals surface area contributed by atoms with E-state index in [0.29, 0.717) is 6.54 Å². The second-order valence-electron chi connectivity index (χ2n) is 3.59. The standard InChI is InChI=1S/C12H24N/c1-2-3-4-5-6-7-8-9-10-11-12-13/h10-11,13H,2-9,12H2,1H3. The van der Waals surface area contributed by atoms with Crippen molar-refractivity contribution in [1.82, 2.24) is 5.73 Å². The van der Waals surface area contributed by atoms with Crippen LogP contribution in [-0.2, 0) is 0 Å². The highest BCUT2D eigenvalue weighted by molar-refractivity contribution is 4.81. The van der Waals surface area contributed by atoms with E-state index in [1.54, 1.807) is 0 Å². The number of rotatable bonds is 9. The van der Waals surface area contributed by atoms with Crippen LogP contribution in [0.3, 0.4) is 0 Å². The highest BCUT2D eigenvalue weighted by Gasteiger charge is 1.88. The lowest BCUT2D eigenvalue weighted by Gasteiger charge is -1.98. The maximum Gasteiger partial charge on any atom is 0.0281 e. The minimum absolute atomic E-state index is 0.441. The lowest BCUT2D eigenvalue weighted by atomic mass is 10.1. The molecule has 0 fully saturated rings. The van der Waals surface area contributed by atoms with Gasteiger partial charge in [0.25, 0.3) is 0 Å². The van der Waals surface area contributed by atoms with Gasteiger partial charge in [0, 0.05) is 6.54 Å². The van der Waals surface area contributed by atoms with Gasteiger partial charge in [0.1, 0.15) is 0 Å². The first-order valence-corrected chi connectivity index (χ1v) is 5.71. The fraction of sp³-hybridized carbons (Fsp3) is 0.833. The molecule has 0 aliphatic carbocycles. The zero-order valence-electron chi connectivity index (χ0n) is 9.02. The summed E-state index contributed by atoms with van der Waals surface area (Å²) in [6.45, 7) is 2.70. The molecule has 77 valence electrons. The van der Waals surface area contributed by atoms with Crippen molar-refractivity contribution in [2.75, 3.05) is 6.54 Å². The van der Waals surface area contributed by atoms with E-state index in [4.69, 9.17) is 5.73 Å². The van der Waals surface area contributed by atoms with Gasteiger partial charge in [-0.2, -0.15) is 0 Å². The maximum absolute atomic E-state index is 6.91. The number of nitrogens with one attached hydrogen (secondary N) is 1. The molecule has 0 aliphatic rings. The van der Waals surface area contributed by atoms with Crippen molar-refractivity contribution in [1.29, 1.82) is 0 Å². The lowest BCUT2D eigenvalue weighted by molar-refractivity contribution is 0.592. The largest absolute Gasteiger partial charge is 0.254 e. The van der Waals surface area contributed by atoms with Crippen LogP contribution < -0.4 is 5.73 Å². The van der Waals surface area contributed by atoms with Crippen molar-refractivity contribution < 1.29 is 0 Å². The highest BCUT2D eigenvalue weighted by atomic mass is 14.5. The molecule has 13 heavy (non-hydrogen) atoms. The molecule has 0 bridgehead atoms. The van der Waals surface area contributed by atoms with E-state index in [1.165, 1.54) is 51.4 Å². The summed E-state index contributed by atoms with van der Waals surface area (Å²) in [5.74, 6) is 0. The molecule has 0 aromatic rings. The van der Waals surface area contributed by atoms with Crippen molar-refractivity contribution in [2.45, 2.75) is 58.3 Å². The van der Waals surface area contributed by atoms with Gasteiger partial charge in [0.05, 0.1) is 0 Å². The summed E-state index contributed by atoms with van der Waals surface area (Å²) < 4.78 is 0. The predicted octanol–water partition coefficient (Wildman–Crippen LogP) is 3.97. The number of hydrogen-bond donors (Lipinski definition) is 0. The van der Waals surface area contributed by atoms with E-state index < -0.39 is 0 Å². The predicted molar refractivity (Wildman–Crippen MR) is 59.7 cm³/mol. The van der Waals surface area contributed by atoms with E-state index in [2.05, 4.69) is 13.0 Å². The molecule has 0 spiro atoms. The van der Waals surface area contributed by atoms with Crippen LogP contribution in [0, 0.1) is 0 Å². The Kier molecular flexibility index (Phi) is 11.4. The summed E-state index contributed by atoms with van der Waals surface area (Å²) in [6, 6.07) is 0. The van der Waals surface area contributed by atoms with Gasteiger partial charge in [0.15, 0.2) is 0 Å². The fourth-order valence-electron chi connectivity index (χ4n) is 1.42. The van der Waals surface area contributed by atoms with Gasteiger partial charge in [-0.15, -0.1) is 0 Å². The van der Waals surface area contributed by atoms with Crippen molar-refractivity contribution in [3.05, 3.63) is 12.2 Å². The van der Waals surface area contributed by atoms with Gasteiger partial charge in [-0.25, -0.2) is 0 Å². The van der Waals surface area contributed by atoms with Crippen LogP contribution in [0.4, 0.5) is 0 Å². The molecule has 0 rings (SSSR count). The van der Waals surface area contributed by atoms with Gasteiger partial charge in [-0.05, 0) is 12.8 Å². The first kappa shape index (κ1) is 12.7. The van der Waals surface area contributed by atoms with E-state index >= 15 is 0 Å². The average molecular weight is 182 g/mol. The Labute approximate surface area is 83.4 Å². The molecule has 0 amide bonds. The third-order valence-corrected chi connectivity index (χ3v) is 2.26. The highest BCUT2D eigenvalue weighted by Crippen LogP contribution is 2.08. The molecule has 1 heteroatoms. The molecule has 0 unspecified atom stereocenters. The minimum Gasteiger partial charge on any atom is -0.254 e. The zero-order chi connectivity index (χ0) is 9.78. The maximum atomic E-state index is 6.91. The Morgan fingerprint density at radius 1 is 0.846 bits per heavy atom.